The molecule has 152 valence electrons. The molecule has 1 atom stereocenters. The quantitative estimate of drug-likeness (QED) is 0.215. The maximum Gasteiger partial charge on any atom is 0.336 e. The third kappa shape index (κ3) is 7.86. The number of aliphatic imine (C=N–C) groups is 1. The molecular formula is C19H31ClN4O2S. The molecule has 27 heavy (non-hydrogen) atoms. The highest BCUT2D eigenvalue weighted by molar-refractivity contribution is 7.96. The summed E-state index contributed by atoms with van der Waals surface area (Å²) in [6, 6.07) is 2.32. The molecule has 1 aliphatic carbocycles. The van der Waals surface area contributed by atoms with Gasteiger partial charge in [-0.25, -0.2) is 4.79 Å². The molecule has 6 nitrogen and oxygen atoms in total. The lowest BCUT2D eigenvalue weighted by molar-refractivity contribution is -0.139. The van der Waals surface area contributed by atoms with Gasteiger partial charge in [-0.3, -0.25) is 4.99 Å². The van der Waals surface area contributed by atoms with Crippen LogP contribution in [0.5, 0.6) is 0 Å². The number of nitrogens with one attached hydrogen (secondary N) is 1. The molecule has 0 aromatic heterocycles. The maximum atomic E-state index is 12.2. The minimum absolute atomic E-state index is 0. The van der Waals surface area contributed by atoms with E-state index in [1.165, 1.54) is 25.7 Å². The second-order valence-corrected chi connectivity index (χ2v) is 6.88. The Hall–Kier alpha value is -1.65. The topological polar surface area (TPSA) is 100 Å². The first-order valence-corrected chi connectivity index (χ1v) is 9.56. The maximum absolute atomic E-state index is 12.2. The van der Waals surface area contributed by atoms with E-state index in [0.717, 1.165) is 18.5 Å². The molecule has 3 N–H and O–H groups in total. The molecule has 1 heterocycles. The number of nitriles is 1. The summed E-state index contributed by atoms with van der Waals surface area (Å²) in [4.78, 5) is 15.7. The van der Waals surface area contributed by atoms with E-state index in [2.05, 4.69) is 29.0 Å². The number of carbonyl (C=O) groups excluding carboxylic acids is 1. The summed E-state index contributed by atoms with van der Waals surface area (Å²) in [6.45, 7) is 4.07. The third-order valence-corrected chi connectivity index (χ3v) is 4.93. The van der Waals surface area contributed by atoms with Gasteiger partial charge in [0.2, 0.25) is 0 Å². The van der Waals surface area contributed by atoms with Crippen molar-refractivity contribution in [2.24, 2.45) is 22.6 Å². The average Bonchev–Trinajstić information content (AvgIpc) is 2.91. The molecule has 1 saturated carbocycles. The first kappa shape index (κ1) is 25.4. The van der Waals surface area contributed by atoms with Crippen molar-refractivity contribution >= 4 is 36.2 Å². The van der Waals surface area contributed by atoms with Crippen LogP contribution in [0.2, 0.25) is 0 Å². The Morgan fingerprint density at radius 2 is 1.96 bits per heavy atom. The van der Waals surface area contributed by atoms with Gasteiger partial charge in [0.05, 0.1) is 23.8 Å². The van der Waals surface area contributed by atoms with Gasteiger partial charge in [0.25, 0.3) is 0 Å². The Morgan fingerprint density at radius 3 is 2.41 bits per heavy atom. The van der Waals surface area contributed by atoms with Gasteiger partial charge in [-0.15, -0.1) is 25.0 Å². The summed E-state index contributed by atoms with van der Waals surface area (Å²) in [6.07, 6.45) is 8.78. The standard InChI is InChI=1S/C17H24N2O2.C2H6N2S.ClH/c1-3-21-17(20)15-11-19-12(2)14(10-18)16(15)13-8-6-4-5-7-9-13;1-4-2(3)5;/h11,13,16,19H,3-9H2,1-2H3;1H3,(H3,3,4,5);1H/t16-;;/m1../s1. The summed E-state index contributed by atoms with van der Waals surface area (Å²) in [5.41, 5.74) is 7.08. The molecule has 0 unspecified atom stereocenters. The second kappa shape index (κ2) is 13.5. The molecule has 2 rings (SSSR count). The van der Waals surface area contributed by atoms with Crippen LogP contribution in [0, 0.1) is 23.2 Å². The van der Waals surface area contributed by atoms with E-state index in [9.17, 15) is 10.1 Å². The zero-order valence-corrected chi connectivity index (χ0v) is 18.0. The Balaban J connectivity index is 0.00000100. The molecular weight excluding hydrogens is 384 g/mol. The van der Waals surface area contributed by atoms with Crippen LogP contribution >= 0.6 is 25.0 Å². The largest absolute Gasteiger partial charge is 0.463 e. The van der Waals surface area contributed by atoms with E-state index >= 15 is 0 Å². The SMILES string of the molecule is CCOC(=O)C1=CNC(C)=C(C#N)[C@H]1C1CCCCCC1.CN=C(N)S.Cl. The van der Waals surface area contributed by atoms with Gasteiger partial charge in [0.1, 0.15) is 5.17 Å². The highest BCUT2D eigenvalue weighted by Crippen LogP contribution is 2.39. The highest BCUT2D eigenvalue weighted by Gasteiger charge is 2.36. The zero-order chi connectivity index (χ0) is 19.5. The molecule has 0 spiro atoms. The van der Waals surface area contributed by atoms with Crippen molar-refractivity contribution in [3.05, 3.63) is 23.0 Å². The van der Waals surface area contributed by atoms with Crippen molar-refractivity contribution < 1.29 is 9.53 Å². The van der Waals surface area contributed by atoms with Crippen LogP contribution in [-0.4, -0.2) is 24.8 Å². The highest BCUT2D eigenvalue weighted by atomic mass is 35.5. The van der Waals surface area contributed by atoms with Crippen LogP contribution in [0.15, 0.2) is 28.0 Å². The fourth-order valence-corrected chi connectivity index (χ4v) is 3.43. The van der Waals surface area contributed by atoms with Crippen molar-refractivity contribution in [2.75, 3.05) is 13.7 Å². The summed E-state index contributed by atoms with van der Waals surface area (Å²) in [5.74, 6) is -0.0252. The van der Waals surface area contributed by atoms with Gasteiger partial charge in [-0.1, -0.05) is 25.7 Å². The fraction of sp³-hybridized carbons (Fsp3) is 0.632. The molecule has 2 aliphatic rings. The van der Waals surface area contributed by atoms with Gasteiger partial charge >= 0.3 is 5.97 Å². The van der Waals surface area contributed by atoms with Crippen molar-refractivity contribution in [1.29, 1.82) is 5.26 Å². The van der Waals surface area contributed by atoms with E-state index in [4.69, 9.17) is 10.5 Å². The van der Waals surface area contributed by atoms with E-state index in [1.807, 2.05) is 13.8 Å². The number of nitrogens with two attached hydrogens (primary N) is 1. The summed E-state index contributed by atoms with van der Waals surface area (Å²) in [5, 5.41) is 12.9. The lowest BCUT2D eigenvalue weighted by Crippen LogP contribution is -2.31. The Kier molecular flexibility index (Phi) is 12.7. The average molecular weight is 415 g/mol. The van der Waals surface area contributed by atoms with Gasteiger partial charge in [0, 0.05) is 24.9 Å². The summed E-state index contributed by atoms with van der Waals surface area (Å²) >= 11 is 3.63. The number of thiol groups is 1. The van der Waals surface area contributed by atoms with Crippen LogP contribution < -0.4 is 11.1 Å². The number of ether oxygens (including phenoxy) is 1. The van der Waals surface area contributed by atoms with Crippen molar-refractivity contribution in [1.82, 2.24) is 5.32 Å². The number of dihydropyridines is 1. The van der Waals surface area contributed by atoms with Gasteiger partial charge in [-0.05, 0) is 32.6 Å². The van der Waals surface area contributed by atoms with Crippen molar-refractivity contribution in [3.8, 4) is 6.07 Å². The Bertz CT molecular complexity index is 614. The molecule has 0 amide bonds. The molecule has 0 bridgehead atoms. The Labute approximate surface area is 174 Å². The molecule has 0 aromatic carbocycles. The smallest absolute Gasteiger partial charge is 0.336 e. The number of rotatable bonds is 3. The lowest BCUT2D eigenvalue weighted by atomic mass is 9.75. The summed E-state index contributed by atoms with van der Waals surface area (Å²) in [7, 11) is 1.59. The van der Waals surface area contributed by atoms with Crippen LogP contribution in [0.1, 0.15) is 52.4 Å². The predicted molar refractivity (Wildman–Crippen MR) is 115 cm³/mol. The number of hydrogen-bond acceptors (Lipinski definition) is 5. The number of amidine groups is 1. The van der Waals surface area contributed by atoms with Crippen LogP contribution in [0.3, 0.4) is 0 Å². The monoisotopic (exact) mass is 414 g/mol. The van der Waals surface area contributed by atoms with Crippen molar-refractivity contribution in [2.45, 2.75) is 52.4 Å². The number of allylic oxidation sites excluding steroid dienone is 2. The van der Waals surface area contributed by atoms with E-state index < -0.39 is 0 Å². The van der Waals surface area contributed by atoms with E-state index in [1.54, 1.807) is 13.2 Å². The van der Waals surface area contributed by atoms with E-state index in [0.29, 0.717) is 28.8 Å². The lowest BCUT2D eigenvalue weighted by Gasteiger charge is -2.31. The van der Waals surface area contributed by atoms with E-state index in [-0.39, 0.29) is 24.3 Å². The molecule has 0 aromatic rings. The summed E-state index contributed by atoms with van der Waals surface area (Å²) < 4.78 is 5.18. The molecule has 8 heteroatoms. The zero-order valence-electron chi connectivity index (χ0n) is 16.3. The van der Waals surface area contributed by atoms with Crippen LogP contribution in [0.4, 0.5) is 0 Å². The van der Waals surface area contributed by atoms with Gasteiger partial charge in [-0.2, -0.15) is 5.26 Å². The number of nitrogens with zero attached hydrogens (tertiary/aromatic N) is 2. The number of esters is 1. The Morgan fingerprint density at radius 1 is 1.41 bits per heavy atom. The normalized spacial score (nSPS) is 20.6. The number of halogens is 1. The number of hydrogen-bond donors (Lipinski definition) is 3. The molecule has 0 saturated heterocycles. The van der Waals surface area contributed by atoms with Gasteiger partial charge < -0.3 is 15.8 Å². The first-order valence-electron chi connectivity index (χ1n) is 9.12. The molecule has 1 fully saturated rings. The van der Waals surface area contributed by atoms with Crippen LogP contribution in [-0.2, 0) is 9.53 Å². The molecule has 1 aliphatic heterocycles. The predicted octanol–water partition coefficient (Wildman–Crippen LogP) is 3.70. The second-order valence-electron chi connectivity index (χ2n) is 6.43. The van der Waals surface area contributed by atoms with Gasteiger partial charge in [0.15, 0.2) is 0 Å². The minimum atomic E-state index is -0.292. The third-order valence-electron chi connectivity index (χ3n) is 4.73. The fourth-order valence-electron chi connectivity index (χ4n) is 3.43. The molecule has 0 radical (unpaired) electrons. The number of carbonyl (C=O) groups is 1. The van der Waals surface area contributed by atoms with Crippen molar-refractivity contribution in [3.63, 3.8) is 0 Å². The minimum Gasteiger partial charge on any atom is -0.463 e. The van der Waals surface area contributed by atoms with Crippen LogP contribution in [0.25, 0.3) is 0 Å². The first-order chi connectivity index (χ1) is 12.5.